The Labute approximate surface area is 90.7 Å². The molecule has 0 aliphatic carbocycles. The lowest BCUT2D eigenvalue weighted by molar-refractivity contribution is 0.348. The molecule has 0 atom stereocenters. The first-order chi connectivity index (χ1) is 6.72. The van der Waals surface area contributed by atoms with Gasteiger partial charge in [0.1, 0.15) is 0 Å². The minimum absolute atomic E-state index is 0.714. The standard InChI is InChI=1S/C11H17ClN2/c1-14(8-6-13)7-5-10-3-2-4-11(12)9-10/h2-4,9H,5-8,13H2,1H3. The Bertz CT molecular complexity index is 276. The quantitative estimate of drug-likeness (QED) is 0.806. The van der Waals surface area contributed by atoms with Crippen molar-refractivity contribution in [2.45, 2.75) is 6.42 Å². The minimum Gasteiger partial charge on any atom is -0.329 e. The Morgan fingerprint density at radius 1 is 1.36 bits per heavy atom. The Balaban J connectivity index is 2.37. The fourth-order valence-electron chi connectivity index (χ4n) is 1.34. The van der Waals surface area contributed by atoms with Crippen LogP contribution in [0, 0.1) is 0 Å². The molecule has 2 nitrogen and oxygen atoms in total. The zero-order valence-electron chi connectivity index (χ0n) is 8.54. The van der Waals surface area contributed by atoms with E-state index in [-0.39, 0.29) is 0 Å². The molecule has 1 aromatic rings. The van der Waals surface area contributed by atoms with Gasteiger partial charge in [-0.3, -0.25) is 0 Å². The summed E-state index contributed by atoms with van der Waals surface area (Å²) >= 11 is 5.89. The van der Waals surface area contributed by atoms with Crippen molar-refractivity contribution in [3.8, 4) is 0 Å². The van der Waals surface area contributed by atoms with Gasteiger partial charge in [0.15, 0.2) is 0 Å². The highest BCUT2D eigenvalue weighted by atomic mass is 35.5. The predicted molar refractivity (Wildman–Crippen MR) is 61.7 cm³/mol. The Kier molecular flexibility index (Phi) is 4.94. The van der Waals surface area contributed by atoms with E-state index >= 15 is 0 Å². The van der Waals surface area contributed by atoms with E-state index in [0.717, 1.165) is 24.5 Å². The summed E-state index contributed by atoms with van der Waals surface area (Å²) in [4.78, 5) is 2.22. The van der Waals surface area contributed by atoms with Crippen LogP contribution < -0.4 is 5.73 Å². The molecule has 1 rings (SSSR count). The van der Waals surface area contributed by atoms with Crippen LogP contribution in [-0.2, 0) is 6.42 Å². The predicted octanol–water partition coefficient (Wildman–Crippen LogP) is 1.77. The summed E-state index contributed by atoms with van der Waals surface area (Å²) in [6.45, 7) is 2.68. The first kappa shape index (κ1) is 11.5. The first-order valence-electron chi connectivity index (χ1n) is 4.85. The third-order valence-electron chi connectivity index (χ3n) is 2.18. The maximum absolute atomic E-state index is 5.89. The van der Waals surface area contributed by atoms with Crippen LogP contribution in [0.15, 0.2) is 24.3 Å². The molecule has 0 aromatic heterocycles. The molecule has 0 fully saturated rings. The molecule has 0 heterocycles. The van der Waals surface area contributed by atoms with Crippen molar-refractivity contribution in [2.24, 2.45) is 5.73 Å². The summed E-state index contributed by atoms with van der Waals surface area (Å²) in [5.74, 6) is 0. The SMILES string of the molecule is CN(CCN)CCc1cccc(Cl)c1. The van der Waals surface area contributed by atoms with Gasteiger partial charge in [0.2, 0.25) is 0 Å². The molecule has 78 valence electrons. The van der Waals surface area contributed by atoms with E-state index in [1.807, 2.05) is 18.2 Å². The van der Waals surface area contributed by atoms with Crippen LogP contribution in [0.2, 0.25) is 5.02 Å². The summed E-state index contributed by atoms with van der Waals surface area (Å²) in [6.07, 6.45) is 1.02. The molecule has 14 heavy (non-hydrogen) atoms. The summed E-state index contributed by atoms with van der Waals surface area (Å²) in [6, 6.07) is 8.00. The zero-order valence-corrected chi connectivity index (χ0v) is 9.30. The topological polar surface area (TPSA) is 29.3 Å². The van der Waals surface area contributed by atoms with E-state index < -0.39 is 0 Å². The van der Waals surface area contributed by atoms with E-state index in [1.54, 1.807) is 0 Å². The lowest BCUT2D eigenvalue weighted by Gasteiger charge is -2.14. The van der Waals surface area contributed by atoms with Gasteiger partial charge in [-0.15, -0.1) is 0 Å². The van der Waals surface area contributed by atoms with Crippen molar-refractivity contribution in [3.05, 3.63) is 34.9 Å². The summed E-state index contributed by atoms with van der Waals surface area (Å²) in [5.41, 5.74) is 6.74. The molecule has 0 amide bonds. The van der Waals surface area contributed by atoms with E-state index in [1.165, 1.54) is 5.56 Å². The summed E-state index contributed by atoms with van der Waals surface area (Å²) in [7, 11) is 2.08. The van der Waals surface area contributed by atoms with Crippen LogP contribution in [0.1, 0.15) is 5.56 Å². The minimum atomic E-state index is 0.714. The molecule has 1 aromatic carbocycles. The molecule has 0 saturated heterocycles. The van der Waals surface area contributed by atoms with Crippen LogP contribution in [0.5, 0.6) is 0 Å². The molecule has 0 saturated carbocycles. The molecule has 2 N–H and O–H groups in total. The second kappa shape index (κ2) is 6.02. The van der Waals surface area contributed by atoms with Crippen molar-refractivity contribution in [1.82, 2.24) is 4.90 Å². The molecular weight excluding hydrogens is 196 g/mol. The Morgan fingerprint density at radius 3 is 2.79 bits per heavy atom. The van der Waals surface area contributed by atoms with Crippen LogP contribution in [0.25, 0.3) is 0 Å². The van der Waals surface area contributed by atoms with E-state index in [2.05, 4.69) is 18.0 Å². The van der Waals surface area contributed by atoms with Crippen molar-refractivity contribution in [3.63, 3.8) is 0 Å². The van der Waals surface area contributed by atoms with Crippen molar-refractivity contribution >= 4 is 11.6 Å². The van der Waals surface area contributed by atoms with E-state index in [4.69, 9.17) is 17.3 Å². The largest absolute Gasteiger partial charge is 0.329 e. The Morgan fingerprint density at radius 2 is 2.14 bits per heavy atom. The summed E-state index contributed by atoms with van der Waals surface area (Å²) < 4.78 is 0. The van der Waals surface area contributed by atoms with Crippen LogP contribution >= 0.6 is 11.6 Å². The second-order valence-corrected chi connectivity index (χ2v) is 3.91. The molecular formula is C11H17ClN2. The van der Waals surface area contributed by atoms with Gasteiger partial charge >= 0.3 is 0 Å². The van der Waals surface area contributed by atoms with Gasteiger partial charge in [0.05, 0.1) is 0 Å². The number of halogens is 1. The maximum Gasteiger partial charge on any atom is 0.0408 e. The molecule has 0 radical (unpaired) electrons. The Hall–Kier alpha value is -0.570. The highest BCUT2D eigenvalue weighted by Gasteiger charge is 1.98. The first-order valence-corrected chi connectivity index (χ1v) is 5.23. The van der Waals surface area contributed by atoms with Gasteiger partial charge in [0, 0.05) is 24.7 Å². The lowest BCUT2D eigenvalue weighted by Crippen LogP contribution is -2.27. The number of nitrogens with zero attached hydrogens (tertiary/aromatic N) is 1. The fourth-order valence-corrected chi connectivity index (χ4v) is 1.56. The zero-order chi connectivity index (χ0) is 10.4. The third-order valence-corrected chi connectivity index (χ3v) is 2.42. The number of rotatable bonds is 5. The smallest absolute Gasteiger partial charge is 0.0408 e. The number of likely N-dealkylation sites (N-methyl/N-ethyl adjacent to an activating group) is 1. The van der Waals surface area contributed by atoms with Crippen LogP contribution in [0.4, 0.5) is 0 Å². The highest BCUT2D eigenvalue weighted by Crippen LogP contribution is 2.11. The van der Waals surface area contributed by atoms with Crippen molar-refractivity contribution in [2.75, 3.05) is 26.7 Å². The summed E-state index contributed by atoms with van der Waals surface area (Å²) in [5, 5.41) is 0.809. The average Bonchev–Trinajstić information content (AvgIpc) is 2.15. The molecule has 0 bridgehead atoms. The molecule has 3 heteroatoms. The number of hydrogen-bond donors (Lipinski definition) is 1. The van der Waals surface area contributed by atoms with Crippen molar-refractivity contribution < 1.29 is 0 Å². The molecule has 0 aliphatic rings. The number of nitrogens with two attached hydrogens (primary N) is 1. The highest BCUT2D eigenvalue weighted by molar-refractivity contribution is 6.30. The van der Waals surface area contributed by atoms with Gasteiger partial charge < -0.3 is 10.6 Å². The van der Waals surface area contributed by atoms with Gasteiger partial charge in [-0.25, -0.2) is 0 Å². The van der Waals surface area contributed by atoms with E-state index in [0.29, 0.717) is 6.54 Å². The maximum atomic E-state index is 5.89. The fraction of sp³-hybridized carbons (Fsp3) is 0.455. The van der Waals surface area contributed by atoms with Gasteiger partial charge in [-0.2, -0.15) is 0 Å². The van der Waals surface area contributed by atoms with Crippen molar-refractivity contribution in [1.29, 1.82) is 0 Å². The van der Waals surface area contributed by atoms with Crippen LogP contribution in [-0.4, -0.2) is 31.6 Å². The van der Waals surface area contributed by atoms with Gasteiger partial charge in [-0.1, -0.05) is 23.7 Å². The molecule has 0 aliphatic heterocycles. The number of benzene rings is 1. The molecule has 0 spiro atoms. The second-order valence-electron chi connectivity index (χ2n) is 3.47. The van der Waals surface area contributed by atoms with Crippen LogP contribution in [0.3, 0.4) is 0 Å². The normalized spacial score (nSPS) is 10.9. The van der Waals surface area contributed by atoms with Gasteiger partial charge in [0.25, 0.3) is 0 Å². The number of hydrogen-bond acceptors (Lipinski definition) is 2. The third kappa shape index (κ3) is 4.09. The van der Waals surface area contributed by atoms with Gasteiger partial charge in [-0.05, 0) is 31.2 Å². The monoisotopic (exact) mass is 212 g/mol. The molecule has 0 unspecified atom stereocenters. The lowest BCUT2D eigenvalue weighted by atomic mass is 10.1. The van der Waals surface area contributed by atoms with E-state index in [9.17, 15) is 0 Å². The average molecular weight is 213 g/mol.